The van der Waals surface area contributed by atoms with E-state index in [0.29, 0.717) is 11.6 Å². The molecule has 2 heterocycles. The average Bonchev–Trinajstić information content (AvgIpc) is 2.99. The number of hydrogen-bond acceptors (Lipinski definition) is 3. The molecule has 4 rings (SSSR count). The van der Waals surface area contributed by atoms with Crippen molar-refractivity contribution in [2.24, 2.45) is 0 Å². The summed E-state index contributed by atoms with van der Waals surface area (Å²) >= 11 is 0. The van der Waals surface area contributed by atoms with Crippen LogP contribution in [0.3, 0.4) is 0 Å². The van der Waals surface area contributed by atoms with E-state index in [2.05, 4.69) is 20.6 Å². The molecule has 0 spiro atoms. The van der Waals surface area contributed by atoms with Gasteiger partial charge in [-0.2, -0.15) is 0 Å². The summed E-state index contributed by atoms with van der Waals surface area (Å²) in [5, 5.41) is 5.25. The Kier molecular flexibility index (Phi) is 3.33. The van der Waals surface area contributed by atoms with Crippen molar-refractivity contribution in [1.82, 2.24) is 15.3 Å². The van der Waals surface area contributed by atoms with Crippen LogP contribution in [-0.4, -0.2) is 34.4 Å². The van der Waals surface area contributed by atoms with E-state index >= 15 is 0 Å². The molecule has 0 radical (unpaired) electrons. The number of imidazole rings is 1. The quantitative estimate of drug-likeness (QED) is 0.814. The fourth-order valence-corrected chi connectivity index (χ4v) is 3.11. The maximum absolute atomic E-state index is 13.2. The third-order valence-corrected chi connectivity index (χ3v) is 4.69. The zero-order chi connectivity index (χ0) is 16.0. The zero-order valence-electron chi connectivity index (χ0n) is 12.5. The van der Waals surface area contributed by atoms with Crippen molar-refractivity contribution in [2.45, 2.75) is 43.6 Å². The van der Waals surface area contributed by atoms with Crippen LogP contribution in [0.15, 0.2) is 18.2 Å². The number of hydrogen-bond donors (Lipinski definition) is 3. The van der Waals surface area contributed by atoms with Gasteiger partial charge in [0.05, 0.1) is 23.6 Å². The van der Waals surface area contributed by atoms with E-state index in [1.165, 1.54) is 6.42 Å². The molecule has 2 aromatic rings. The van der Waals surface area contributed by atoms with E-state index in [1.54, 1.807) is 12.1 Å². The Hall–Kier alpha value is -2.02. The fourth-order valence-electron chi connectivity index (χ4n) is 3.11. The molecular weight excluding hydrogens is 302 g/mol. The standard InChI is InChI=1S/C16H18F2N4O/c17-16(18)7-13(19-8-16)15(23)20-10-4-5-11-12(6-10)22-14(21-11)9-2-1-3-9/h4-6,9,13,19H,1-3,7-8H2,(H,20,23)(H,21,22). The highest BCUT2D eigenvalue weighted by molar-refractivity contribution is 5.96. The Morgan fingerprint density at radius 1 is 1.35 bits per heavy atom. The van der Waals surface area contributed by atoms with Crippen molar-refractivity contribution in [3.63, 3.8) is 0 Å². The second kappa shape index (κ2) is 5.26. The average molecular weight is 320 g/mol. The lowest BCUT2D eigenvalue weighted by molar-refractivity contribution is -0.118. The van der Waals surface area contributed by atoms with Gasteiger partial charge < -0.3 is 10.3 Å². The zero-order valence-corrected chi connectivity index (χ0v) is 12.5. The minimum atomic E-state index is -2.81. The van der Waals surface area contributed by atoms with E-state index in [0.717, 1.165) is 29.7 Å². The molecule has 2 aliphatic rings. The highest BCUT2D eigenvalue weighted by Gasteiger charge is 2.42. The van der Waals surface area contributed by atoms with Crippen molar-refractivity contribution in [3.8, 4) is 0 Å². The van der Waals surface area contributed by atoms with Crippen LogP contribution >= 0.6 is 0 Å². The van der Waals surface area contributed by atoms with Gasteiger partial charge in [-0.15, -0.1) is 0 Å². The molecule has 7 heteroatoms. The van der Waals surface area contributed by atoms with Crippen LogP contribution in [-0.2, 0) is 4.79 Å². The lowest BCUT2D eigenvalue weighted by Gasteiger charge is -2.22. The van der Waals surface area contributed by atoms with E-state index in [9.17, 15) is 13.6 Å². The Morgan fingerprint density at radius 3 is 2.83 bits per heavy atom. The number of nitrogens with one attached hydrogen (secondary N) is 3. The molecule has 1 atom stereocenters. The lowest BCUT2D eigenvalue weighted by atomic mass is 9.85. The number of aromatic nitrogens is 2. The highest BCUT2D eigenvalue weighted by Crippen LogP contribution is 2.35. The molecule has 1 aliphatic heterocycles. The minimum Gasteiger partial charge on any atom is -0.342 e. The second-order valence-corrected chi connectivity index (χ2v) is 6.46. The van der Waals surface area contributed by atoms with Gasteiger partial charge in [-0.05, 0) is 31.0 Å². The van der Waals surface area contributed by atoms with Crippen LogP contribution in [0.25, 0.3) is 11.0 Å². The maximum Gasteiger partial charge on any atom is 0.262 e. The largest absolute Gasteiger partial charge is 0.342 e. The number of H-pyrrole nitrogens is 1. The smallest absolute Gasteiger partial charge is 0.262 e. The van der Waals surface area contributed by atoms with Crippen LogP contribution < -0.4 is 10.6 Å². The Morgan fingerprint density at radius 2 is 2.17 bits per heavy atom. The molecule has 2 fully saturated rings. The summed E-state index contributed by atoms with van der Waals surface area (Å²) in [5.74, 6) is -1.75. The molecule has 23 heavy (non-hydrogen) atoms. The summed E-state index contributed by atoms with van der Waals surface area (Å²) in [5.41, 5.74) is 2.30. The fraction of sp³-hybridized carbons (Fsp3) is 0.500. The molecule has 1 aromatic heterocycles. The van der Waals surface area contributed by atoms with Crippen molar-refractivity contribution in [3.05, 3.63) is 24.0 Å². The van der Waals surface area contributed by atoms with E-state index in [4.69, 9.17) is 0 Å². The predicted molar refractivity (Wildman–Crippen MR) is 82.7 cm³/mol. The first kappa shape index (κ1) is 14.6. The number of nitrogens with zero attached hydrogens (tertiary/aromatic N) is 1. The molecule has 1 saturated carbocycles. The summed E-state index contributed by atoms with van der Waals surface area (Å²) in [6.45, 7) is -0.449. The van der Waals surface area contributed by atoms with Gasteiger partial charge in [0.25, 0.3) is 5.92 Å². The molecule has 3 N–H and O–H groups in total. The number of carbonyl (C=O) groups is 1. The monoisotopic (exact) mass is 320 g/mol. The number of anilines is 1. The molecule has 122 valence electrons. The molecule has 1 amide bonds. The van der Waals surface area contributed by atoms with Gasteiger partial charge in [0.15, 0.2) is 0 Å². The van der Waals surface area contributed by atoms with Gasteiger partial charge in [-0.1, -0.05) is 6.42 Å². The maximum atomic E-state index is 13.2. The van der Waals surface area contributed by atoms with Crippen molar-refractivity contribution in [1.29, 1.82) is 0 Å². The molecule has 1 aromatic carbocycles. The first-order valence-corrected chi connectivity index (χ1v) is 7.92. The lowest BCUT2D eigenvalue weighted by Crippen LogP contribution is -2.35. The van der Waals surface area contributed by atoms with Crippen LogP contribution in [0.4, 0.5) is 14.5 Å². The third-order valence-electron chi connectivity index (χ3n) is 4.69. The Labute approximate surface area is 131 Å². The molecule has 5 nitrogen and oxygen atoms in total. The minimum absolute atomic E-state index is 0.430. The third kappa shape index (κ3) is 2.81. The molecule has 1 aliphatic carbocycles. The number of aromatic amines is 1. The van der Waals surface area contributed by atoms with Crippen LogP contribution in [0.5, 0.6) is 0 Å². The summed E-state index contributed by atoms with van der Waals surface area (Å²) in [7, 11) is 0. The van der Waals surface area contributed by atoms with E-state index < -0.39 is 30.8 Å². The number of rotatable bonds is 3. The van der Waals surface area contributed by atoms with Gasteiger partial charge in [0.2, 0.25) is 5.91 Å². The number of benzene rings is 1. The summed E-state index contributed by atoms with van der Waals surface area (Å²) in [4.78, 5) is 19.9. The van der Waals surface area contributed by atoms with Gasteiger partial charge in [0.1, 0.15) is 5.82 Å². The van der Waals surface area contributed by atoms with Gasteiger partial charge >= 0.3 is 0 Å². The normalized spacial score (nSPS) is 23.8. The van der Waals surface area contributed by atoms with Crippen molar-refractivity contribution in [2.75, 3.05) is 11.9 Å². The highest BCUT2D eigenvalue weighted by atomic mass is 19.3. The first-order chi connectivity index (χ1) is 11.0. The molecule has 1 unspecified atom stereocenters. The Bertz CT molecular complexity index is 754. The first-order valence-electron chi connectivity index (χ1n) is 7.92. The molecule has 0 bridgehead atoms. The van der Waals surface area contributed by atoms with Crippen LogP contribution in [0, 0.1) is 0 Å². The number of alkyl halides is 2. The Balaban J connectivity index is 1.49. The SMILES string of the molecule is O=C(Nc1ccc2nc(C3CCC3)[nH]c2c1)C1CC(F)(F)CN1. The number of amides is 1. The number of fused-ring (bicyclic) bond motifs is 1. The summed E-state index contributed by atoms with van der Waals surface area (Å²) in [6, 6.07) is 4.53. The number of carbonyl (C=O) groups excluding carboxylic acids is 1. The van der Waals surface area contributed by atoms with E-state index in [-0.39, 0.29) is 0 Å². The summed E-state index contributed by atoms with van der Waals surface area (Å²) in [6.07, 6.45) is 3.09. The molecule has 1 saturated heterocycles. The topological polar surface area (TPSA) is 69.8 Å². The summed E-state index contributed by atoms with van der Waals surface area (Å²) < 4.78 is 26.3. The van der Waals surface area contributed by atoms with Crippen molar-refractivity contribution < 1.29 is 13.6 Å². The number of halogens is 2. The van der Waals surface area contributed by atoms with Crippen molar-refractivity contribution >= 4 is 22.6 Å². The van der Waals surface area contributed by atoms with Crippen LogP contribution in [0.1, 0.15) is 37.4 Å². The van der Waals surface area contributed by atoms with Crippen LogP contribution in [0.2, 0.25) is 0 Å². The second-order valence-electron chi connectivity index (χ2n) is 6.46. The van der Waals surface area contributed by atoms with Gasteiger partial charge in [0, 0.05) is 18.0 Å². The predicted octanol–water partition coefficient (Wildman–Crippen LogP) is 2.77. The van der Waals surface area contributed by atoms with Gasteiger partial charge in [-0.25, -0.2) is 13.8 Å². The van der Waals surface area contributed by atoms with Gasteiger partial charge in [-0.3, -0.25) is 10.1 Å². The van der Waals surface area contributed by atoms with E-state index in [1.807, 2.05) is 6.07 Å². The molecular formula is C16H18F2N4O.